The number of anilines is 1. The van der Waals surface area contributed by atoms with Crippen molar-refractivity contribution in [2.45, 2.75) is 19.9 Å². The number of fused-ring (bicyclic) bond motifs is 1. The van der Waals surface area contributed by atoms with Crippen molar-refractivity contribution < 1.29 is 9.15 Å². The molecule has 6 nitrogen and oxygen atoms in total. The zero-order valence-corrected chi connectivity index (χ0v) is 15.4. The van der Waals surface area contributed by atoms with Crippen LogP contribution in [0.4, 0.5) is 5.82 Å². The van der Waals surface area contributed by atoms with E-state index in [1.54, 1.807) is 7.11 Å². The Labute approximate surface area is 157 Å². The van der Waals surface area contributed by atoms with Gasteiger partial charge in [0.05, 0.1) is 18.8 Å². The van der Waals surface area contributed by atoms with Gasteiger partial charge in [-0.1, -0.05) is 18.2 Å². The smallest absolute Gasteiger partial charge is 0.181 e. The fraction of sp³-hybridized carbons (Fsp3) is 0.190. The van der Waals surface area contributed by atoms with E-state index >= 15 is 0 Å². The molecule has 0 amide bonds. The van der Waals surface area contributed by atoms with Crippen molar-refractivity contribution in [1.82, 2.24) is 15.0 Å². The standard InChI is InChI=1S/C21H20N4O2/c1-13(15-5-4-6-17(9-15)26-3)23-21-11-19(24-14(2)25-21)16-7-8-18-20(10-16)27-12-22-18/h4-13H,1-3H3,(H,23,24,25)/t13-/m0/s1. The third kappa shape index (κ3) is 3.60. The minimum atomic E-state index is 0.0685. The van der Waals surface area contributed by atoms with Gasteiger partial charge in [0.2, 0.25) is 0 Å². The van der Waals surface area contributed by atoms with Gasteiger partial charge in [-0.2, -0.15) is 0 Å². The minimum absolute atomic E-state index is 0.0685. The fourth-order valence-corrected chi connectivity index (χ4v) is 3.02. The summed E-state index contributed by atoms with van der Waals surface area (Å²) in [6.45, 7) is 3.98. The second-order valence-electron chi connectivity index (χ2n) is 6.36. The molecule has 27 heavy (non-hydrogen) atoms. The predicted octanol–water partition coefficient (Wildman–Crippen LogP) is 4.77. The third-order valence-electron chi connectivity index (χ3n) is 4.42. The second-order valence-corrected chi connectivity index (χ2v) is 6.36. The lowest BCUT2D eigenvalue weighted by molar-refractivity contribution is 0.414. The first-order valence-corrected chi connectivity index (χ1v) is 8.72. The number of hydrogen-bond acceptors (Lipinski definition) is 6. The number of methoxy groups -OCH3 is 1. The Hall–Kier alpha value is -3.41. The van der Waals surface area contributed by atoms with Gasteiger partial charge in [-0.3, -0.25) is 0 Å². The van der Waals surface area contributed by atoms with Crippen LogP contribution in [0.3, 0.4) is 0 Å². The lowest BCUT2D eigenvalue weighted by atomic mass is 10.1. The highest BCUT2D eigenvalue weighted by atomic mass is 16.5. The Bertz CT molecular complexity index is 1090. The topological polar surface area (TPSA) is 73.1 Å². The molecule has 1 N–H and O–H groups in total. The Morgan fingerprint density at radius 2 is 1.96 bits per heavy atom. The largest absolute Gasteiger partial charge is 0.497 e. The molecular weight excluding hydrogens is 340 g/mol. The van der Waals surface area contributed by atoms with E-state index in [0.717, 1.165) is 39.5 Å². The van der Waals surface area contributed by atoms with Crippen LogP contribution in [0.15, 0.2) is 59.3 Å². The van der Waals surface area contributed by atoms with E-state index in [0.29, 0.717) is 5.82 Å². The Morgan fingerprint density at radius 3 is 2.81 bits per heavy atom. The van der Waals surface area contributed by atoms with Crippen molar-refractivity contribution in [2.24, 2.45) is 0 Å². The predicted molar refractivity (Wildman–Crippen MR) is 105 cm³/mol. The van der Waals surface area contributed by atoms with Gasteiger partial charge < -0.3 is 14.5 Å². The molecule has 0 fully saturated rings. The van der Waals surface area contributed by atoms with E-state index in [4.69, 9.17) is 9.15 Å². The van der Waals surface area contributed by atoms with Crippen LogP contribution in [0, 0.1) is 6.92 Å². The summed E-state index contributed by atoms with van der Waals surface area (Å²) in [5.41, 5.74) is 4.48. The Morgan fingerprint density at radius 1 is 1.07 bits per heavy atom. The van der Waals surface area contributed by atoms with Crippen LogP contribution in [0.25, 0.3) is 22.4 Å². The molecule has 1 atom stereocenters. The van der Waals surface area contributed by atoms with Gasteiger partial charge in [-0.05, 0) is 43.7 Å². The first-order valence-electron chi connectivity index (χ1n) is 8.72. The van der Waals surface area contributed by atoms with Crippen molar-refractivity contribution in [2.75, 3.05) is 12.4 Å². The maximum absolute atomic E-state index is 5.40. The van der Waals surface area contributed by atoms with Crippen LogP contribution >= 0.6 is 0 Å². The van der Waals surface area contributed by atoms with Crippen molar-refractivity contribution in [3.8, 4) is 17.0 Å². The maximum Gasteiger partial charge on any atom is 0.181 e. The Balaban J connectivity index is 1.63. The summed E-state index contributed by atoms with van der Waals surface area (Å²) in [4.78, 5) is 13.3. The number of nitrogens with zero attached hydrogens (tertiary/aromatic N) is 3. The van der Waals surface area contributed by atoms with Gasteiger partial charge in [0.1, 0.15) is 22.9 Å². The van der Waals surface area contributed by atoms with Crippen molar-refractivity contribution in [3.05, 3.63) is 66.3 Å². The molecule has 0 saturated heterocycles. The third-order valence-corrected chi connectivity index (χ3v) is 4.42. The zero-order chi connectivity index (χ0) is 18.8. The summed E-state index contributed by atoms with van der Waals surface area (Å²) in [7, 11) is 1.67. The maximum atomic E-state index is 5.40. The van der Waals surface area contributed by atoms with Crippen LogP contribution < -0.4 is 10.1 Å². The molecule has 0 aliphatic carbocycles. The Kier molecular flexibility index (Phi) is 4.46. The van der Waals surface area contributed by atoms with Crippen molar-refractivity contribution >= 4 is 16.9 Å². The van der Waals surface area contributed by atoms with E-state index in [1.807, 2.05) is 49.4 Å². The summed E-state index contributed by atoms with van der Waals surface area (Å²) >= 11 is 0. The molecule has 136 valence electrons. The van der Waals surface area contributed by atoms with Crippen molar-refractivity contribution in [3.63, 3.8) is 0 Å². The monoisotopic (exact) mass is 360 g/mol. The number of aromatic nitrogens is 3. The molecule has 6 heteroatoms. The summed E-state index contributed by atoms with van der Waals surface area (Å²) in [5.74, 6) is 2.30. The number of nitrogens with one attached hydrogen (secondary N) is 1. The molecule has 2 aromatic heterocycles. The summed E-state index contributed by atoms with van der Waals surface area (Å²) in [6, 6.07) is 15.9. The summed E-state index contributed by atoms with van der Waals surface area (Å²) < 4.78 is 10.7. The average molecular weight is 360 g/mol. The quantitative estimate of drug-likeness (QED) is 0.552. The molecule has 0 saturated carbocycles. The normalized spacial score (nSPS) is 12.1. The minimum Gasteiger partial charge on any atom is -0.497 e. The van der Waals surface area contributed by atoms with E-state index in [-0.39, 0.29) is 6.04 Å². The number of hydrogen-bond donors (Lipinski definition) is 1. The molecule has 0 aliphatic heterocycles. The van der Waals surface area contributed by atoms with E-state index < -0.39 is 0 Å². The molecule has 2 heterocycles. The van der Waals surface area contributed by atoms with Gasteiger partial charge in [-0.15, -0.1) is 0 Å². The second kappa shape index (κ2) is 7.07. The molecule has 4 rings (SSSR count). The van der Waals surface area contributed by atoms with Crippen LogP contribution in [-0.4, -0.2) is 22.1 Å². The number of aryl methyl sites for hydroxylation is 1. The highest BCUT2D eigenvalue weighted by molar-refractivity contribution is 5.79. The number of oxazole rings is 1. The molecular formula is C21H20N4O2. The molecule has 0 aliphatic rings. The summed E-state index contributed by atoms with van der Waals surface area (Å²) in [6.07, 6.45) is 1.45. The van der Waals surface area contributed by atoms with Gasteiger partial charge in [0.15, 0.2) is 12.0 Å². The number of rotatable bonds is 5. The molecule has 2 aromatic carbocycles. The summed E-state index contributed by atoms with van der Waals surface area (Å²) in [5, 5.41) is 3.45. The van der Waals surface area contributed by atoms with Gasteiger partial charge >= 0.3 is 0 Å². The average Bonchev–Trinajstić information content (AvgIpc) is 3.15. The number of benzene rings is 2. The van der Waals surface area contributed by atoms with Crippen LogP contribution in [0.5, 0.6) is 5.75 Å². The van der Waals surface area contributed by atoms with Gasteiger partial charge in [0, 0.05) is 11.6 Å². The van der Waals surface area contributed by atoms with Gasteiger partial charge in [0.25, 0.3) is 0 Å². The SMILES string of the molecule is COc1cccc([C@H](C)Nc2cc(-c3ccc4ncoc4c3)nc(C)n2)c1. The molecule has 4 aromatic rings. The molecule has 0 radical (unpaired) electrons. The number of ether oxygens (including phenoxy) is 1. The van der Waals surface area contributed by atoms with E-state index in [1.165, 1.54) is 6.39 Å². The molecule has 0 bridgehead atoms. The van der Waals surface area contributed by atoms with Gasteiger partial charge in [-0.25, -0.2) is 15.0 Å². The lowest BCUT2D eigenvalue weighted by Gasteiger charge is -2.16. The first kappa shape index (κ1) is 17.0. The van der Waals surface area contributed by atoms with Crippen LogP contribution in [0.1, 0.15) is 24.4 Å². The molecule has 0 unspecified atom stereocenters. The van der Waals surface area contributed by atoms with E-state index in [2.05, 4.69) is 33.3 Å². The first-order chi connectivity index (χ1) is 13.1. The highest BCUT2D eigenvalue weighted by Crippen LogP contribution is 2.26. The van der Waals surface area contributed by atoms with E-state index in [9.17, 15) is 0 Å². The lowest BCUT2D eigenvalue weighted by Crippen LogP contribution is -2.09. The molecule has 0 spiro atoms. The highest BCUT2D eigenvalue weighted by Gasteiger charge is 2.11. The van der Waals surface area contributed by atoms with Crippen molar-refractivity contribution in [1.29, 1.82) is 0 Å². The zero-order valence-electron chi connectivity index (χ0n) is 15.4. The van der Waals surface area contributed by atoms with Crippen LogP contribution in [0.2, 0.25) is 0 Å². The fourth-order valence-electron chi connectivity index (χ4n) is 3.02. The van der Waals surface area contributed by atoms with Crippen LogP contribution in [-0.2, 0) is 0 Å².